The highest BCUT2D eigenvalue weighted by molar-refractivity contribution is 5.29. The van der Waals surface area contributed by atoms with E-state index in [4.69, 9.17) is 0 Å². The number of nitrogens with zero attached hydrogens (tertiary/aromatic N) is 1. The predicted octanol–water partition coefficient (Wildman–Crippen LogP) is 2.44. The lowest BCUT2D eigenvalue weighted by Gasteiger charge is -2.22. The van der Waals surface area contributed by atoms with Crippen molar-refractivity contribution in [3.8, 4) is 0 Å². The second-order valence-corrected chi connectivity index (χ2v) is 3.43. The molecule has 1 atom stereocenters. The van der Waals surface area contributed by atoms with Crippen LogP contribution >= 0.6 is 0 Å². The largest absolute Gasteiger partial charge is 0.347 e. The molecule has 11 heavy (non-hydrogen) atoms. The lowest BCUT2D eigenvalue weighted by atomic mass is 10.1. The predicted molar refractivity (Wildman–Crippen MR) is 46.9 cm³/mol. The van der Waals surface area contributed by atoms with Crippen molar-refractivity contribution in [2.45, 2.75) is 26.3 Å². The van der Waals surface area contributed by atoms with Crippen LogP contribution in [0.2, 0.25) is 0 Å². The van der Waals surface area contributed by atoms with E-state index in [1.54, 1.807) is 0 Å². The minimum absolute atomic E-state index is 0.610. The summed E-state index contributed by atoms with van der Waals surface area (Å²) >= 11 is 0. The van der Waals surface area contributed by atoms with Gasteiger partial charge in [0.1, 0.15) is 0 Å². The van der Waals surface area contributed by atoms with Gasteiger partial charge in [-0.1, -0.05) is 17.7 Å². The van der Waals surface area contributed by atoms with E-state index < -0.39 is 0 Å². The summed E-state index contributed by atoms with van der Waals surface area (Å²) in [5.41, 5.74) is 2.82. The topological polar surface area (TPSA) is 3.24 Å². The van der Waals surface area contributed by atoms with Crippen molar-refractivity contribution >= 4 is 0 Å². The van der Waals surface area contributed by atoms with E-state index in [0.29, 0.717) is 6.04 Å². The molecule has 0 saturated heterocycles. The Kier molecular flexibility index (Phi) is 1.38. The van der Waals surface area contributed by atoms with Gasteiger partial charge in [0.2, 0.25) is 0 Å². The lowest BCUT2D eigenvalue weighted by molar-refractivity contribution is 0.451. The van der Waals surface area contributed by atoms with Crippen LogP contribution in [0.5, 0.6) is 0 Å². The fourth-order valence-electron chi connectivity index (χ4n) is 1.68. The summed E-state index contributed by atoms with van der Waals surface area (Å²) in [6.45, 7) is 4.32. The quantitative estimate of drug-likeness (QED) is 0.508. The van der Waals surface area contributed by atoms with Crippen molar-refractivity contribution in [3.05, 3.63) is 35.7 Å². The standard InChI is InChI=1S/C10H13N/c1-8-3-4-10-5-9(2)7-11(10)6-8/h3-4,6-7,10H,5H2,1-2H3. The summed E-state index contributed by atoms with van der Waals surface area (Å²) in [6.07, 6.45) is 10.1. The second kappa shape index (κ2) is 2.26. The Balaban J connectivity index is 2.26. The molecule has 2 heterocycles. The van der Waals surface area contributed by atoms with E-state index >= 15 is 0 Å². The molecule has 2 rings (SSSR count). The first kappa shape index (κ1) is 6.71. The maximum atomic E-state index is 2.30. The van der Waals surface area contributed by atoms with Gasteiger partial charge in [-0.15, -0.1) is 0 Å². The van der Waals surface area contributed by atoms with Crippen LogP contribution in [0.4, 0.5) is 0 Å². The molecule has 1 unspecified atom stereocenters. The molecule has 0 N–H and O–H groups in total. The Morgan fingerprint density at radius 1 is 1.36 bits per heavy atom. The van der Waals surface area contributed by atoms with Crippen molar-refractivity contribution < 1.29 is 0 Å². The molecule has 0 aromatic carbocycles. The molecule has 0 aromatic rings. The molecule has 0 spiro atoms. The van der Waals surface area contributed by atoms with Crippen LogP contribution < -0.4 is 0 Å². The highest BCUT2D eigenvalue weighted by atomic mass is 15.1. The Bertz CT molecular complexity index is 258. The molecule has 0 aliphatic carbocycles. The highest BCUT2D eigenvalue weighted by Gasteiger charge is 2.20. The van der Waals surface area contributed by atoms with Gasteiger partial charge >= 0.3 is 0 Å². The number of fused-ring (bicyclic) bond motifs is 1. The van der Waals surface area contributed by atoms with Crippen LogP contribution in [0.15, 0.2) is 35.7 Å². The van der Waals surface area contributed by atoms with Crippen molar-refractivity contribution in [3.63, 3.8) is 0 Å². The summed E-state index contributed by atoms with van der Waals surface area (Å²) in [7, 11) is 0. The molecule has 0 radical (unpaired) electrons. The summed E-state index contributed by atoms with van der Waals surface area (Å²) in [5, 5.41) is 0. The van der Waals surface area contributed by atoms with Crippen LogP contribution in [0.1, 0.15) is 20.3 Å². The average molecular weight is 147 g/mol. The smallest absolute Gasteiger partial charge is 0.0551 e. The third-order valence-corrected chi connectivity index (χ3v) is 2.22. The first-order valence-corrected chi connectivity index (χ1v) is 4.07. The summed E-state index contributed by atoms with van der Waals surface area (Å²) in [4.78, 5) is 2.30. The number of hydrogen-bond donors (Lipinski definition) is 0. The molecule has 0 aromatic heterocycles. The molecular formula is C10H13N. The average Bonchev–Trinajstić information content (AvgIpc) is 2.27. The van der Waals surface area contributed by atoms with Gasteiger partial charge in [0, 0.05) is 12.4 Å². The molecule has 0 saturated carbocycles. The normalized spacial score (nSPS) is 28.2. The van der Waals surface area contributed by atoms with E-state index in [2.05, 4.69) is 43.3 Å². The molecule has 2 aliphatic heterocycles. The maximum absolute atomic E-state index is 2.30. The van der Waals surface area contributed by atoms with Gasteiger partial charge in [0.05, 0.1) is 6.04 Å². The summed E-state index contributed by atoms with van der Waals surface area (Å²) in [5.74, 6) is 0. The van der Waals surface area contributed by atoms with Crippen LogP contribution in [-0.2, 0) is 0 Å². The Hall–Kier alpha value is -0.980. The van der Waals surface area contributed by atoms with Crippen LogP contribution in [0.25, 0.3) is 0 Å². The molecule has 58 valence electrons. The molecule has 0 amide bonds. The van der Waals surface area contributed by atoms with E-state index in [9.17, 15) is 0 Å². The van der Waals surface area contributed by atoms with E-state index in [1.807, 2.05) is 0 Å². The zero-order valence-corrected chi connectivity index (χ0v) is 7.04. The van der Waals surface area contributed by atoms with Crippen molar-refractivity contribution in [2.75, 3.05) is 0 Å². The van der Waals surface area contributed by atoms with E-state index in [-0.39, 0.29) is 0 Å². The first-order valence-electron chi connectivity index (χ1n) is 4.07. The third-order valence-electron chi connectivity index (χ3n) is 2.22. The Morgan fingerprint density at radius 3 is 3.00 bits per heavy atom. The summed E-state index contributed by atoms with van der Waals surface area (Å²) in [6, 6.07) is 0.610. The fourth-order valence-corrected chi connectivity index (χ4v) is 1.68. The molecule has 1 heteroatoms. The van der Waals surface area contributed by atoms with Gasteiger partial charge in [-0.3, -0.25) is 0 Å². The third kappa shape index (κ3) is 1.11. The second-order valence-electron chi connectivity index (χ2n) is 3.43. The first-order chi connectivity index (χ1) is 5.25. The zero-order chi connectivity index (χ0) is 7.84. The van der Waals surface area contributed by atoms with Gasteiger partial charge in [-0.25, -0.2) is 0 Å². The minimum atomic E-state index is 0.610. The van der Waals surface area contributed by atoms with Crippen LogP contribution in [-0.4, -0.2) is 10.9 Å². The van der Waals surface area contributed by atoms with E-state index in [1.165, 1.54) is 17.6 Å². The number of rotatable bonds is 0. The van der Waals surface area contributed by atoms with E-state index in [0.717, 1.165) is 0 Å². The van der Waals surface area contributed by atoms with Gasteiger partial charge in [-0.2, -0.15) is 0 Å². The van der Waals surface area contributed by atoms with Crippen molar-refractivity contribution in [2.24, 2.45) is 0 Å². The molecule has 0 bridgehead atoms. The molecule has 2 aliphatic rings. The van der Waals surface area contributed by atoms with Gasteiger partial charge in [-0.05, 0) is 25.8 Å². The molecule has 0 fully saturated rings. The van der Waals surface area contributed by atoms with Crippen molar-refractivity contribution in [1.82, 2.24) is 4.90 Å². The minimum Gasteiger partial charge on any atom is -0.347 e. The number of allylic oxidation sites excluding steroid dienone is 2. The monoisotopic (exact) mass is 147 g/mol. The van der Waals surface area contributed by atoms with Crippen LogP contribution in [0.3, 0.4) is 0 Å². The summed E-state index contributed by atoms with van der Waals surface area (Å²) < 4.78 is 0. The SMILES string of the molecule is CC1=CN2C=C(C)CC2C=C1. The Labute approximate surface area is 67.7 Å². The van der Waals surface area contributed by atoms with Gasteiger partial charge in [0.25, 0.3) is 0 Å². The Morgan fingerprint density at radius 2 is 2.18 bits per heavy atom. The number of hydrogen-bond acceptors (Lipinski definition) is 1. The maximum Gasteiger partial charge on any atom is 0.0551 e. The molecular weight excluding hydrogens is 134 g/mol. The lowest BCUT2D eigenvalue weighted by Crippen LogP contribution is -2.21. The zero-order valence-electron chi connectivity index (χ0n) is 7.04. The fraction of sp³-hybridized carbons (Fsp3) is 0.400. The molecule has 1 nitrogen and oxygen atoms in total. The highest BCUT2D eigenvalue weighted by Crippen LogP contribution is 2.26. The van der Waals surface area contributed by atoms with Gasteiger partial charge < -0.3 is 4.90 Å². The van der Waals surface area contributed by atoms with Gasteiger partial charge in [0.15, 0.2) is 0 Å². The van der Waals surface area contributed by atoms with Crippen molar-refractivity contribution in [1.29, 1.82) is 0 Å². The van der Waals surface area contributed by atoms with Crippen LogP contribution in [0, 0.1) is 0 Å².